The van der Waals surface area contributed by atoms with E-state index in [0.29, 0.717) is 16.5 Å². The van der Waals surface area contributed by atoms with E-state index in [1.807, 2.05) is 0 Å². The van der Waals surface area contributed by atoms with E-state index in [2.05, 4.69) is 10.6 Å². The minimum Gasteiger partial charge on any atom is -0.497 e. The van der Waals surface area contributed by atoms with Gasteiger partial charge >= 0.3 is 6.03 Å². The number of amides is 2. The maximum absolute atomic E-state index is 11.3. The van der Waals surface area contributed by atoms with Crippen LogP contribution < -0.4 is 15.4 Å². The Morgan fingerprint density at radius 1 is 1.56 bits per heavy atom. The summed E-state index contributed by atoms with van der Waals surface area (Å²) in [4.78, 5) is 11.3. The molecule has 0 aliphatic rings. The van der Waals surface area contributed by atoms with E-state index in [-0.39, 0.29) is 13.2 Å². The van der Waals surface area contributed by atoms with Crippen molar-refractivity contribution in [2.24, 2.45) is 0 Å². The first kappa shape index (κ1) is 12.6. The Morgan fingerprint density at radius 3 is 2.88 bits per heavy atom. The van der Waals surface area contributed by atoms with E-state index in [9.17, 15) is 4.79 Å². The number of carbonyl (C=O) groups is 1. The molecule has 1 aromatic rings. The van der Waals surface area contributed by atoms with E-state index in [0.717, 1.165) is 0 Å². The summed E-state index contributed by atoms with van der Waals surface area (Å²) < 4.78 is 4.97. The van der Waals surface area contributed by atoms with Gasteiger partial charge in [-0.1, -0.05) is 11.6 Å². The monoisotopic (exact) mass is 244 g/mol. The quantitative estimate of drug-likeness (QED) is 0.751. The SMILES string of the molecule is COc1ccc(NC(=O)NCCO)c(Cl)c1. The van der Waals surface area contributed by atoms with Gasteiger partial charge in [-0.2, -0.15) is 0 Å². The highest BCUT2D eigenvalue weighted by Crippen LogP contribution is 2.26. The van der Waals surface area contributed by atoms with Gasteiger partial charge in [0.2, 0.25) is 0 Å². The standard InChI is InChI=1S/C10H13ClN2O3/c1-16-7-2-3-9(8(11)6-7)13-10(15)12-4-5-14/h2-3,6,14H,4-5H2,1H3,(H2,12,13,15). The summed E-state index contributed by atoms with van der Waals surface area (Å²) in [5.41, 5.74) is 0.484. The van der Waals surface area contributed by atoms with E-state index in [1.54, 1.807) is 18.2 Å². The van der Waals surface area contributed by atoms with E-state index in [4.69, 9.17) is 21.4 Å². The average molecular weight is 245 g/mol. The van der Waals surface area contributed by atoms with Crippen molar-refractivity contribution >= 4 is 23.3 Å². The summed E-state index contributed by atoms with van der Waals surface area (Å²) in [5, 5.41) is 13.9. The van der Waals surface area contributed by atoms with Crippen LogP contribution >= 0.6 is 11.6 Å². The Bertz CT molecular complexity index is 371. The number of ether oxygens (including phenoxy) is 1. The molecule has 0 saturated heterocycles. The van der Waals surface area contributed by atoms with Crippen LogP contribution in [0.2, 0.25) is 5.02 Å². The fourth-order valence-electron chi connectivity index (χ4n) is 1.06. The third-order valence-corrected chi connectivity index (χ3v) is 2.13. The molecule has 0 aliphatic heterocycles. The van der Waals surface area contributed by atoms with Crippen LogP contribution in [0.1, 0.15) is 0 Å². The van der Waals surface area contributed by atoms with Gasteiger partial charge in [0, 0.05) is 12.6 Å². The Morgan fingerprint density at radius 2 is 2.31 bits per heavy atom. The molecule has 0 radical (unpaired) electrons. The van der Waals surface area contributed by atoms with E-state index >= 15 is 0 Å². The van der Waals surface area contributed by atoms with E-state index < -0.39 is 6.03 Å². The number of hydrogen-bond donors (Lipinski definition) is 3. The first-order valence-electron chi connectivity index (χ1n) is 4.66. The summed E-state index contributed by atoms with van der Waals surface area (Å²) in [6.07, 6.45) is 0. The summed E-state index contributed by atoms with van der Waals surface area (Å²) in [7, 11) is 1.53. The molecule has 16 heavy (non-hydrogen) atoms. The first-order valence-corrected chi connectivity index (χ1v) is 5.04. The number of rotatable bonds is 4. The average Bonchev–Trinajstić information content (AvgIpc) is 2.29. The van der Waals surface area contributed by atoms with Crippen molar-refractivity contribution in [2.75, 3.05) is 25.6 Å². The van der Waals surface area contributed by atoms with Crippen molar-refractivity contribution in [1.82, 2.24) is 5.32 Å². The molecule has 0 spiro atoms. The minimum absolute atomic E-state index is 0.107. The number of methoxy groups -OCH3 is 1. The topological polar surface area (TPSA) is 70.6 Å². The fraction of sp³-hybridized carbons (Fsp3) is 0.300. The molecule has 0 saturated carbocycles. The van der Waals surface area contributed by atoms with Crippen LogP contribution in [0, 0.1) is 0 Å². The van der Waals surface area contributed by atoms with Gasteiger partial charge in [-0.3, -0.25) is 0 Å². The largest absolute Gasteiger partial charge is 0.497 e. The Labute approximate surface area is 98.4 Å². The first-order chi connectivity index (χ1) is 7.67. The predicted molar refractivity (Wildman–Crippen MR) is 62.1 cm³/mol. The zero-order valence-electron chi connectivity index (χ0n) is 8.79. The normalized spacial score (nSPS) is 9.69. The zero-order chi connectivity index (χ0) is 12.0. The van der Waals surface area contributed by atoms with Crippen molar-refractivity contribution in [3.63, 3.8) is 0 Å². The lowest BCUT2D eigenvalue weighted by Gasteiger charge is -2.09. The fourth-order valence-corrected chi connectivity index (χ4v) is 1.28. The lowest BCUT2D eigenvalue weighted by Crippen LogP contribution is -2.31. The number of hydrogen-bond acceptors (Lipinski definition) is 3. The second-order valence-corrected chi connectivity index (χ2v) is 3.36. The summed E-state index contributed by atoms with van der Waals surface area (Å²) in [6.45, 7) is 0.0867. The number of aliphatic hydroxyl groups excluding tert-OH is 1. The van der Waals surface area contributed by atoms with Gasteiger partial charge < -0.3 is 20.5 Å². The molecular formula is C10H13ClN2O3. The maximum atomic E-state index is 11.3. The van der Waals surface area contributed by atoms with Gasteiger partial charge in [0.15, 0.2) is 0 Å². The summed E-state index contributed by atoms with van der Waals surface area (Å²) in [6, 6.07) is 4.51. The van der Waals surface area contributed by atoms with Crippen LogP contribution in [0.15, 0.2) is 18.2 Å². The molecule has 0 bridgehead atoms. The molecule has 0 aliphatic carbocycles. The van der Waals surface area contributed by atoms with Crippen molar-refractivity contribution in [2.45, 2.75) is 0 Å². The van der Waals surface area contributed by atoms with Crippen LogP contribution in [0.5, 0.6) is 5.75 Å². The molecule has 0 unspecified atom stereocenters. The Kier molecular flexibility index (Phi) is 4.88. The van der Waals surface area contributed by atoms with E-state index in [1.165, 1.54) is 7.11 Å². The second-order valence-electron chi connectivity index (χ2n) is 2.95. The highest BCUT2D eigenvalue weighted by molar-refractivity contribution is 6.33. The number of benzene rings is 1. The molecule has 2 amide bonds. The van der Waals surface area contributed by atoms with Crippen LogP contribution in [0.3, 0.4) is 0 Å². The number of nitrogens with one attached hydrogen (secondary N) is 2. The molecule has 5 nitrogen and oxygen atoms in total. The molecule has 0 heterocycles. The highest BCUT2D eigenvalue weighted by atomic mass is 35.5. The Balaban J connectivity index is 2.63. The molecule has 0 aromatic heterocycles. The molecule has 88 valence electrons. The van der Waals surface area contributed by atoms with Gasteiger partial charge in [-0.15, -0.1) is 0 Å². The van der Waals surface area contributed by atoms with Crippen molar-refractivity contribution in [3.8, 4) is 5.75 Å². The lowest BCUT2D eigenvalue weighted by molar-refractivity contribution is 0.245. The van der Waals surface area contributed by atoms with Gasteiger partial charge in [0.1, 0.15) is 5.75 Å². The molecule has 0 atom stereocenters. The molecule has 3 N–H and O–H groups in total. The third-order valence-electron chi connectivity index (χ3n) is 1.82. The number of anilines is 1. The van der Waals surface area contributed by atoms with Gasteiger partial charge in [-0.25, -0.2) is 4.79 Å². The number of carbonyl (C=O) groups excluding carboxylic acids is 1. The maximum Gasteiger partial charge on any atom is 0.319 e. The molecule has 6 heteroatoms. The van der Waals surface area contributed by atoms with Crippen molar-refractivity contribution in [3.05, 3.63) is 23.2 Å². The predicted octanol–water partition coefficient (Wildman–Crippen LogP) is 1.46. The zero-order valence-corrected chi connectivity index (χ0v) is 9.54. The molecule has 1 rings (SSSR count). The molecule has 0 fully saturated rings. The Hall–Kier alpha value is -1.46. The van der Waals surface area contributed by atoms with Gasteiger partial charge in [0.25, 0.3) is 0 Å². The van der Waals surface area contributed by atoms with Crippen LogP contribution in [-0.4, -0.2) is 31.4 Å². The van der Waals surface area contributed by atoms with Gasteiger partial charge in [0.05, 0.1) is 24.4 Å². The second kappa shape index (κ2) is 6.19. The van der Waals surface area contributed by atoms with Crippen LogP contribution in [0.4, 0.5) is 10.5 Å². The lowest BCUT2D eigenvalue weighted by atomic mass is 10.3. The number of halogens is 1. The summed E-state index contributed by atoms with van der Waals surface area (Å²) >= 11 is 5.91. The highest BCUT2D eigenvalue weighted by Gasteiger charge is 2.05. The minimum atomic E-state index is -0.416. The van der Waals surface area contributed by atoms with Crippen LogP contribution in [-0.2, 0) is 0 Å². The van der Waals surface area contributed by atoms with Crippen molar-refractivity contribution < 1.29 is 14.6 Å². The third kappa shape index (κ3) is 3.60. The van der Waals surface area contributed by atoms with Crippen LogP contribution in [0.25, 0.3) is 0 Å². The molecular weight excluding hydrogens is 232 g/mol. The van der Waals surface area contributed by atoms with Gasteiger partial charge in [-0.05, 0) is 12.1 Å². The molecule has 1 aromatic carbocycles. The van der Waals surface area contributed by atoms with Crippen molar-refractivity contribution in [1.29, 1.82) is 0 Å². The number of aliphatic hydroxyl groups is 1. The smallest absolute Gasteiger partial charge is 0.319 e. The summed E-state index contributed by atoms with van der Waals surface area (Å²) in [5.74, 6) is 0.617. The number of urea groups is 1.